The molecule has 88 valence electrons. The third-order valence-corrected chi connectivity index (χ3v) is 2.42. The van der Waals surface area contributed by atoms with Crippen molar-refractivity contribution in [1.82, 2.24) is 5.32 Å². The Bertz CT molecular complexity index is 332. The van der Waals surface area contributed by atoms with E-state index in [9.17, 15) is 4.79 Å². The topological polar surface area (TPSA) is 38.3 Å². The fraction of sp³-hybridized carbons (Fsp3) is 0.462. The van der Waals surface area contributed by atoms with Crippen molar-refractivity contribution < 1.29 is 9.53 Å². The molecule has 16 heavy (non-hydrogen) atoms. The van der Waals surface area contributed by atoms with Crippen LogP contribution in [0.4, 0.5) is 0 Å². The lowest BCUT2D eigenvalue weighted by Gasteiger charge is -2.11. The van der Waals surface area contributed by atoms with Crippen molar-refractivity contribution in [2.75, 3.05) is 6.61 Å². The van der Waals surface area contributed by atoms with E-state index in [0.29, 0.717) is 12.2 Å². The van der Waals surface area contributed by atoms with Gasteiger partial charge in [0.05, 0.1) is 6.61 Å². The first-order chi connectivity index (χ1) is 7.67. The van der Waals surface area contributed by atoms with Gasteiger partial charge in [-0.2, -0.15) is 0 Å². The maximum atomic E-state index is 11.7. The number of carbonyl (C=O) groups is 1. The summed E-state index contributed by atoms with van der Waals surface area (Å²) in [6, 6.07) is 7.40. The molecule has 0 unspecified atom stereocenters. The van der Waals surface area contributed by atoms with Crippen molar-refractivity contribution in [1.29, 1.82) is 0 Å². The van der Waals surface area contributed by atoms with E-state index in [2.05, 4.69) is 5.32 Å². The van der Waals surface area contributed by atoms with E-state index in [1.54, 1.807) is 12.1 Å². The molecule has 1 aromatic rings. The maximum absolute atomic E-state index is 11.7. The zero-order valence-electron chi connectivity index (χ0n) is 10.1. The van der Waals surface area contributed by atoms with Gasteiger partial charge in [-0.25, -0.2) is 0 Å². The summed E-state index contributed by atoms with van der Waals surface area (Å²) >= 11 is 0. The van der Waals surface area contributed by atoms with Gasteiger partial charge in [-0.1, -0.05) is 6.92 Å². The minimum atomic E-state index is -0.0302. The Morgan fingerprint density at radius 1 is 1.31 bits per heavy atom. The quantitative estimate of drug-likeness (QED) is 0.830. The van der Waals surface area contributed by atoms with Crippen LogP contribution in [0.2, 0.25) is 0 Å². The van der Waals surface area contributed by atoms with Gasteiger partial charge in [0.1, 0.15) is 5.75 Å². The van der Waals surface area contributed by atoms with Gasteiger partial charge in [0, 0.05) is 11.6 Å². The Morgan fingerprint density at radius 2 is 1.94 bits per heavy atom. The molecule has 3 heteroatoms. The van der Waals surface area contributed by atoms with Crippen molar-refractivity contribution in [2.45, 2.75) is 33.2 Å². The number of rotatable bonds is 5. The zero-order valence-corrected chi connectivity index (χ0v) is 10.1. The fourth-order valence-electron chi connectivity index (χ4n) is 1.28. The van der Waals surface area contributed by atoms with Crippen molar-refractivity contribution in [3.05, 3.63) is 29.8 Å². The third-order valence-electron chi connectivity index (χ3n) is 2.42. The number of benzene rings is 1. The molecule has 0 fully saturated rings. The number of nitrogens with one attached hydrogen (secondary N) is 1. The summed E-state index contributed by atoms with van der Waals surface area (Å²) in [6.07, 6.45) is 0.933. The second-order valence-electron chi connectivity index (χ2n) is 3.74. The lowest BCUT2D eigenvalue weighted by molar-refractivity contribution is 0.0939. The predicted octanol–water partition coefficient (Wildman–Crippen LogP) is 2.61. The molecule has 3 nitrogen and oxygen atoms in total. The fourth-order valence-corrected chi connectivity index (χ4v) is 1.28. The Hall–Kier alpha value is -1.51. The Labute approximate surface area is 96.8 Å². The SMILES string of the molecule is CCOc1ccc(C(=O)N[C@@H](C)CC)cc1. The number of ether oxygens (including phenoxy) is 1. The molecule has 0 radical (unpaired) electrons. The molecule has 0 aliphatic carbocycles. The van der Waals surface area contributed by atoms with E-state index in [4.69, 9.17) is 4.74 Å². The number of hydrogen-bond donors (Lipinski definition) is 1. The number of amides is 1. The van der Waals surface area contributed by atoms with E-state index < -0.39 is 0 Å². The van der Waals surface area contributed by atoms with Gasteiger partial charge in [-0.3, -0.25) is 4.79 Å². The van der Waals surface area contributed by atoms with Gasteiger partial charge in [0.15, 0.2) is 0 Å². The molecule has 0 aliphatic rings. The molecule has 0 saturated heterocycles. The molecular weight excluding hydrogens is 202 g/mol. The van der Waals surface area contributed by atoms with Crippen LogP contribution in [0.5, 0.6) is 5.75 Å². The van der Waals surface area contributed by atoms with E-state index in [-0.39, 0.29) is 11.9 Å². The summed E-state index contributed by atoms with van der Waals surface area (Å²) in [6.45, 7) is 6.61. The highest BCUT2D eigenvalue weighted by molar-refractivity contribution is 5.94. The number of carbonyl (C=O) groups excluding carboxylic acids is 1. The Balaban J connectivity index is 2.63. The van der Waals surface area contributed by atoms with Crippen LogP contribution in [-0.2, 0) is 0 Å². The molecule has 0 spiro atoms. The van der Waals surface area contributed by atoms with Crippen LogP contribution in [0.1, 0.15) is 37.6 Å². The first kappa shape index (κ1) is 12.6. The van der Waals surface area contributed by atoms with Crippen LogP contribution >= 0.6 is 0 Å². The van der Waals surface area contributed by atoms with Gasteiger partial charge in [0.2, 0.25) is 0 Å². The van der Waals surface area contributed by atoms with Crippen molar-refractivity contribution in [3.8, 4) is 5.75 Å². The van der Waals surface area contributed by atoms with Crippen LogP contribution in [0.3, 0.4) is 0 Å². The molecule has 0 aliphatic heterocycles. The van der Waals surface area contributed by atoms with Crippen LogP contribution in [-0.4, -0.2) is 18.6 Å². The molecule has 1 N–H and O–H groups in total. The van der Waals surface area contributed by atoms with Crippen molar-refractivity contribution in [2.24, 2.45) is 0 Å². The summed E-state index contributed by atoms with van der Waals surface area (Å²) in [4.78, 5) is 11.7. The van der Waals surface area contributed by atoms with Gasteiger partial charge >= 0.3 is 0 Å². The monoisotopic (exact) mass is 221 g/mol. The second-order valence-corrected chi connectivity index (χ2v) is 3.74. The first-order valence-electron chi connectivity index (χ1n) is 5.71. The first-order valence-corrected chi connectivity index (χ1v) is 5.71. The van der Waals surface area contributed by atoms with Gasteiger partial charge in [-0.15, -0.1) is 0 Å². The second kappa shape index (κ2) is 6.16. The lowest BCUT2D eigenvalue weighted by Crippen LogP contribution is -2.31. The molecule has 0 bridgehead atoms. The summed E-state index contributed by atoms with van der Waals surface area (Å²) < 4.78 is 5.31. The molecule has 1 atom stereocenters. The largest absolute Gasteiger partial charge is 0.494 e. The zero-order chi connectivity index (χ0) is 12.0. The van der Waals surface area contributed by atoms with Crippen LogP contribution in [0, 0.1) is 0 Å². The molecule has 0 saturated carbocycles. The lowest BCUT2D eigenvalue weighted by atomic mass is 10.2. The molecule has 1 amide bonds. The van der Waals surface area contributed by atoms with Gasteiger partial charge in [0.25, 0.3) is 5.91 Å². The Kier molecular flexibility index (Phi) is 4.83. The van der Waals surface area contributed by atoms with E-state index in [0.717, 1.165) is 12.2 Å². The van der Waals surface area contributed by atoms with Gasteiger partial charge in [-0.05, 0) is 44.5 Å². The molecule has 1 rings (SSSR count). The van der Waals surface area contributed by atoms with E-state index >= 15 is 0 Å². The maximum Gasteiger partial charge on any atom is 0.251 e. The van der Waals surface area contributed by atoms with Gasteiger partial charge < -0.3 is 10.1 Å². The van der Waals surface area contributed by atoms with Crippen molar-refractivity contribution in [3.63, 3.8) is 0 Å². The third kappa shape index (κ3) is 3.57. The summed E-state index contributed by atoms with van der Waals surface area (Å²) in [5.74, 6) is 0.764. The summed E-state index contributed by atoms with van der Waals surface area (Å²) in [5, 5.41) is 2.92. The smallest absolute Gasteiger partial charge is 0.251 e. The Morgan fingerprint density at radius 3 is 2.44 bits per heavy atom. The molecular formula is C13H19NO2. The predicted molar refractivity (Wildman–Crippen MR) is 64.8 cm³/mol. The summed E-state index contributed by atoms with van der Waals surface area (Å²) in [5.41, 5.74) is 0.670. The van der Waals surface area contributed by atoms with Crippen LogP contribution in [0.15, 0.2) is 24.3 Å². The highest BCUT2D eigenvalue weighted by Crippen LogP contribution is 2.12. The van der Waals surface area contributed by atoms with E-state index in [1.165, 1.54) is 0 Å². The highest BCUT2D eigenvalue weighted by atomic mass is 16.5. The van der Waals surface area contributed by atoms with Crippen LogP contribution < -0.4 is 10.1 Å². The normalized spacial score (nSPS) is 11.9. The standard InChI is InChI=1S/C13H19NO2/c1-4-10(3)14-13(15)11-6-8-12(9-7-11)16-5-2/h6-10H,4-5H2,1-3H3,(H,14,15)/t10-/m0/s1. The molecule has 0 heterocycles. The number of hydrogen-bond acceptors (Lipinski definition) is 2. The van der Waals surface area contributed by atoms with E-state index in [1.807, 2.05) is 32.9 Å². The average Bonchev–Trinajstić information content (AvgIpc) is 2.30. The minimum Gasteiger partial charge on any atom is -0.494 e. The average molecular weight is 221 g/mol. The minimum absolute atomic E-state index is 0.0302. The summed E-state index contributed by atoms with van der Waals surface area (Å²) in [7, 11) is 0. The highest BCUT2D eigenvalue weighted by Gasteiger charge is 2.07. The van der Waals surface area contributed by atoms with Crippen molar-refractivity contribution >= 4 is 5.91 Å². The van der Waals surface area contributed by atoms with Crippen LogP contribution in [0.25, 0.3) is 0 Å². The molecule has 0 aromatic heterocycles. The molecule has 1 aromatic carbocycles.